The second-order valence-electron chi connectivity index (χ2n) is 6.97. The third-order valence-corrected chi connectivity index (χ3v) is 6.54. The molecule has 4 rings (SSSR count). The Balaban J connectivity index is 1.47. The van der Waals surface area contributed by atoms with Gasteiger partial charge in [-0.3, -0.25) is 9.36 Å². The second kappa shape index (κ2) is 8.05. The Bertz CT molecular complexity index is 969. The predicted octanol–water partition coefficient (Wildman–Crippen LogP) is 4.62. The van der Waals surface area contributed by atoms with E-state index in [-0.39, 0.29) is 17.0 Å². The lowest BCUT2D eigenvalue weighted by Gasteiger charge is -2.21. The molecule has 1 aromatic carbocycles. The molecule has 1 aliphatic rings. The molecule has 0 unspecified atom stereocenters. The van der Waals surface area contributed by atoms with Gasteiger partial charge in [-0.05, 0) is 48.9 Å². The van der Waals surface area contributed by atoms with Crippen molar-refractivity contribution < 1.29 is 9.18 Å². The molecule has 1 aliphatic carbocycles. The summed E-state index contributed by atoms with van der Waals surface area (Å²) >= 11 is 3.08. The topological polar surface area (TPSA) is 51.0 Å². The zero-order valence-corrected chi connectivity index (χ0v) is 17.3. The summed E-state index contributed by atoms with van der Waals surface area (Å²) in [7, 11) is 1.74. The Morgan fingerprint density at radius 1 is 1.36 bits per heavy atom. The highest BCUT2D eigenvalue weighted by atomic mass is 32.2. The van der Waals surface area contributed by atoms with Crippen LogP contribution in [-0.4, -0.2) is 37.9 Å². The van der Waals surface area contributed by atoms with E-state index in [0.717, 1.165) is 34.3 Å². The SMILES string of the molecule is C[C@@H](Sc1nnc(-c2cccs2)n1C1CC1)C(=O)N(C)Cc1cccc(F)c1. The average molecular weight is 417 g/mol. The van der Waals surface area contributed by atoms with Crippen molar-refractivity contribution in [2.45, 2.75) is 42.8 Å². The highest BCUT2D eigenvalue weighted by molar-refractivity contribution is 8.00. The van der Waals surface area contributed by atoms with Crippen LogP contribution in [0.3, 0.4) is 0 Å². The summed E-state index contributed by atoms with van der Waals surface area (Å²) in [6, 6.07) is 10.8. The Kier molecular flexibility index (Phi) is 5.50. The molecule has 3 aromatic rings. The Morgan fingerprint density at radius 2 is 2.18 bits per heavy atom. The number of halogens is 1. The van der Waals surface area contributed by atoms with Crippen molar-refractivity contribution in [1.82, 2.24) is 19.7 Å². The fourth-order valence-electron chi connectivity index (χ4n) is 3.10. The summed E-state index contributed by atoms with van der Waals surface area (Å²) in [6.45, 7) is 2.25. The normalized spacial score (nSPS) is 14.8. The zero-order chi connectivity index (χ0) is 19.7. The van der Waals surface area contributed by atoms with E-state index < -0.39 is 0 Å². The Hall–Kier alpha value is -2.19. The molecule has 1 fully saturated rings. The molecule has 28 heavy (non-hydrogen) atoms. The summed E-state index contributed by atoms with van der Waals surface area (Å²) in [5.74, 6) is 0.574. The van der Waals surface area contributed by atoms with Crippen molar-refractivity contribution >= 4 is 29.0 Å². The predicted molar refractivity (Wildman–Crippen MR) is 110 cm³/mol. The van der Waals surface area contributed by atoms with Crippen LogP contribution < -0.4 is 0 Å². The van der Waals surface area contributed by atoms with Gasteiger partial charge in [0.15, 0.2) is 11.0 Å². The van der Waals surface area contributed by atoms with Crippen molar-refractivity contribution in [2.75, 3.05) is 7.05 Å². The van der Waals surface area contributed by atoms with Gasteiger partial charge in [0, 0.05) is 19.6 Å². The molecule has 2 heterocycles. The maximum atomic E-state index is 13.4. The molecular weight excluding hydrogens is 395 g/mol. The smallest absolute Gasteiger partial charge is 0.235 e. The molecule has 1 saturated carbocycles. The van der Waals surface area contributed by atoms with Gasteiger partial charge in [0.05, 0.1) is 10.1 Å². The number of hydrogen-bond acceptors (Lipinski definition) is 5. The van der Waals surface area contributed by atoms with Gasteiger partial charge in [-0.15, -0.1) is 21.5 Å². The fraction of sp³-hybridized carbons (Fsp3) is 0.350. The number of thiophene rings is 1. The first-order valence-corrected chi connectivity index (χ1v) is 10.9. The highest BCUT2D eigenvalue weighted by Crippen LogP contribution is 2.42. The summed E-state index contributed by atoms with van der Waals surface area (Å²) < 4.78 is 15.6. The van der Waals surface area contributed by atoms with E-state index in [1.54, 1.807) is 29.4 Å². The summed E-state index contributed by atoms with van der Waals surface area (Å²) in [5, 5.41) is 11.3. The van der Waals surface area contributed by atoms with Crippen LogP contribution in [0.2, 0.25) is 0 Å². The van der Waals surface area contributed by atoms with E-state index in [0.29, 0.717) is 12.6 Å². The molecule has 1 atom stereocenters. The summed E-state index contributed by atoms with van der Waals surface area (Å²) in [6.07, 6.45) is 2.23. The number of hydrogen-bond donors (Lipinski definition) is 0. The quantitative estimate of drug-likeness (QED) is 0.528. The van der Waals surface area contributed by atoms with Gasteiger partial charge in [0.25, 0.3) is 0 Å². The van der Waals surface area contributed by atoms with Crippen LogP contribution >= 0.6 is 23.1 Å². The van der Waals surface area contributed by atoms with Crippen LogP contribution in [0.5, 0.6) is 0 Å². The number of nitrogens with zero attached hydrogens (tertiary/aromatic N) is 4. The minimum absolute atomic E-state index is 0.0164. The third-order valence-electron chi connectivity index (χ3n) is 4.63. The van der Waals surface area contributed by atoms with Crippen molar-refractivity contribution in [3.8, 4) is 10.7 Å². The van der Waals surface area contributed by atoms with Gasteiger partial charge in [0.2, 0.25) is 5.91 Å². The second-order valence-corrected chi connectivity index (χ2v) is 9.22. The minimum atomic E-state index is -0.309. The van der Waals surface area contributed by atoms with Crippen LogP contribution in [0.25, 0.3) is 10.7 Å². The van der Waals surface area contributed by atoms with E-state index in [9.17, 15) is 9.18 Å². The van der Waals surface area contributed by atoms with E-state index in [4.69, 9.17) is 0 Å². The number of benzene rings is 1. The van der Waals surface area contributed by atoms with Crippen molar-refractivity contribution in [2.24, 2.45) is 0 Å². The van der Waals surface area contributed by atoms with E-state index in [2.05, 4.69) is 14.8 Å². The largest absolute Gasteiger partial charge is 0.340 e. The molecule has 0 spiro atoms. The fourth-order valence-corrected chi connectivity index (χ4v) is 4.84. The first-order valence-electron chi connectivity index (χ1n) is 9.18. The number of carbonyl (C=O) groups excluding carboxylic acids is 1. The maximum absolute atomic E-state index is 13.4. The van der Waals surface area contributed by atoms with Crippen LogP contribution in [-0.2, 0) is 11.3 Å². The highest BCUT2D eigenvalue weighted by Gasteiger charge is 2.32. The lowest BCUT2D eigenvalue weighted by atomic mass is 10.2. The summed E-state index contributed by atoms with van der Waals surface area (Å²) in [4.78, 5) is 15.5. The molecule has 0 bridgehead atoms. The molecule has 146 valence electrons. The lowest BCUT2D eigenvalue weighted by Crippen LogP contribution is -2.33. The molecule has 8 heteroatoms. The zero-order valence-electron chi connectivity index (χ0n) is 15.7. The first-order chi connectivity index (χ1) is 13.5. The molecule has 0 saturated heterocycles. The van der Waals surface area contributed by atoms with Crippen molar-refractivity contribution in [3.63, 3.8) is 0 Å². The molecule has 0 aliphatic heterocycles. The number of carbonyl (C=O) groups is 1. The van der Waals surface area contributed by atoms with E-state index in [1.165, 1.54) is 23.9 Å². The number of thioether (sulfide) groups is 1. The lowest BCUT2D eigenvalue weighted by molar-refractivity contribution is -0.129. The van der Waals surface area contributed by atoms with Crippen LogP contribution in [0, 0.1) is 5.82 Å². The van der Waals surface area contributed by atoms with Crippen molar-refractivity contribution in [1.29, 1.82) is 0 Å². The molecule has 0 radical (unpaired) electrons. The first kappa shape index (κ1) is 19.1. The summed E-state index contributed by atoms with van der Waals surface area (Å²) in [5.41, 5.74) is 0.772. The average Bonchev–Trinajstić information content (AvgIpc) is 3.19. The number of amides is 1. The number of rotatable bonds is 7. The van der Waals surface area contributed by atoms with Gasteiger partial charge in [0.1, 0.15) is 5.82 Å². The molecule has 5 nitrogen and oxygen atoms in total. The van der Waals surface area contributed by atoms with Gasteiger partial charge >= 0.3 is 0 Å². The van der Waals surface area contributed by atoms with Crippen LogP contribution in [0.4, 0.5) is 4.39 Å². The van der Waals surface area contributed by atoms with Gasteiger partial charge in [-0.2, -0.15) is 0 Å². The molecule has 1 amide bonds. The van der Waals surface area contributed by atoms with Crippen molar-refractivity contribution in [3.05, 3.63) is 53.2 Å². The third kappa shape index (κ3) is 4.12. The van der Waals surface area contributed by atoms with Crippen LogP contribution in [0.1, 0.15) is 31.4 Å². The standard InChI is InChI=1S/C20H21FN4OS2/c1-13(19(26)24(2)12-14-5-3-6-15(21)11-14)28-20-23-22-18(17-7-4-10-27-17)25(20)16-8-9-16/h3-7,10-11,13,16H,8-9,12H2,1-2H3/t13-/m1/s1. The van der Waals surface area contributed by atoms with Gasteiger partial charge in [-0.25, -0.2) is 4.39 Å². The monoisotopic (exact) mass is 416 g/mol. The maximum Gasteiger partial charge on any atom is 0.235 e. The van der Waals surface area contributed by atoms with Crippen LogP contribution in [0.15, 0.2) is 46.9 Å². The molecule has 2 aromatic heterocycles. The number of aromatic nitrogens is 3. The van der Waals surface area contributed by atoms with E-state index >= 15 is 0 Å². The molecule has 0 N–H and O–H groups in total. The van der Waals surface area contributed by atoms with Gasteiger partial charge in [-0.1, -0.05) is 30.0 Å². The Morgan fingerprint density at radius 3 is 2.86 bits per heavy atom. The van der Waals surface area contributed by atoms with E-state index in [1.807, 2.05) is 30.5 Å². The Labute approximate surface area is 171 Å². The minimum Gasteiger partial charge on any atom is -0.340 e. The van der Waals surface area contributed by atoms with Gasteiger partial charge < -0.3 is 4.90 Å². The molecular formula is C20H21FN4OS2.